The first kappa shape index (κ1) is 14.8. The van der Waals surface area contributed by atoms with Crippen molar-refractivity contribution in [3.05, 3.63) is 33.8 Å². The van der Waals surface area contributed by atoms with Crippen molar-refractivity contribution in [2.75, 3.05) is 0 Å². The SMILES string of the molecule is CC[C@@H](NC(=O)Cc1ccc(Cl)c(Cl)c1)C(=O)O. The van der Waals surface area contributed by atoms with Gasteiger partial charge in [-0.3, -0.25) is 4.79 Å². The second-order valence-electron chi connectivity index (χ2n) is 3.79. The van der Waals surface area contributed by atoms with Gasteiger partial charge in [0.2, 0.25) is 5.91 Å². The van der Waals surface area contributed by atoms with E-state index in [0.717, 1.165) is 0 Å². The zero-order valence-electron chi connectivity index (χ0n) is 9.74. The number of amides is 1. The second kappa shape index (κ2) is 6.61. The fraction of sp³-hybridized carbons (Fsp3) is 0.333. The van der Waals surface area contributed by atoms with E-state index in [1.54, 1.807) is 25.1 Å². The number of halogens is 2. The lowest BCUT2D eigenvalue weighted by Gasteiger charge is -2.12. The Morgan fingerprint density at radius 2 is 2.00 bits per heavy atom. The number of nitrogens with one attached hydrogen (secondary N) is 1. The Morgan fingerprint density at radius 1 is 1.33 bits per heavy atom. The molecule has 0 unspecified atom stereocenters. The molecule has 1 aromatic rings. The van der Waals surface area contributed by atoms with E-state index < -0.39 is 12.0 Å². The Kier molecular flexibility index (Phi) is 5.44. The predicted molar refractivity (Wildman–Crippen MR) is 70.0 cm³/mol. The van der Waals surface area contributed by atoms with Gasteiger partial charge in [-0.1, -0.05) is 36.2 Å². The number of aliphatic carboxylic acids is 1. The van der Waals surface area contributed by atoms with Crippen LogP contribution in [0.4, 0.5) is 0 Å². The second-order valence-corrected chi connectivity index (χ2v) is 4.61. The van der Waals surface area contributed by atoms with Gasteiger partial charge in [-0.25, -0.2) is 4.79 Å². The molecule has 1 amide bonds. The third kappa shape index (κ3) is 4.20. The number of carboxylic acids is 1. The standard InChI is InChI=1S/C12H13Cl2NO3/c1-2-10(12(17)18)15-11(16)6-7-3-4-8(13)9(14)5-7/h3-5,10H,2,6H2,1H3,(H,15,16)(H,17,18)/t10-/m1/s1. The summed E-state index contributed by atoms with van der Waals surface area (Å²) in [6.07, 6.45) is 0.406. The third-order valence-electron chi connectivity index (χ3n) is 2.39. The zero-order chi connectivity index (χ0) is 13.7. The fourth-order valence-electron chi connectivity index (χ4n) is 1.42. The maximum atomic E-state index is 11.6. The highest BCUT2D eigenvalue weighted by molar-refractivity contribution is 6.42. The summed E-state index contributed by atoms with van der Waals surface area (Å²) in [4.78, 5) is 22.4. The highest BCUT2D eigenvalue weighted by atomic mass is 35.5. The van der Waals surface area contributed by atoms with Crippen molar-refractivity contribution in [1.29, 1.82) is 0 Å². The van der Waals surface area contributed by atoms with E-state index in [9.17, 15) is 9.59 Å². The number of carbonyl (C=O) groups excluding carboxylic acids is 1. The van der Waals surface area contributed by atoms with Crippen LogP contribution in [0.1, 0.15) is 18.9 Å². The Labute approximate surface area is 115 Å². The van der Waals surface area contributed by atoms with Crippen molar-refractivity contribution in [1.82, 2.24) is 5.32 Å². The molecule has 0 aliphatic heterocycles. The van der Waals surface area contributed by atoms with Crippen LogP contribution >= 0.6 is 23.2 Å². The molecule has 6 heteroatoms. The van der Waals surface area contributed by atoms with Gasteiger partial charge in [-0.05, 0) is 24.1 Å². The molecule has 0 heterocycles. The molecule has 0 radical (unpaired) electrons. The summed E-state index contributed by atoms with van der Waals surface area (Å²) in [5.41, 5.74) is 0.683. The first-order valence-electron chi connectivity index (χ1n) is 5.40. The monoisotopic (exact) mass is 289 g/mol. The molecular weight excluding hydrogens is 277 g/mol. The summed E-state index contributed by atoms with van der Waals surface area (Å²) < 4.78 is 0. The number of hydrogen-bond donors (Lipinski definition) is 2. The zero-order valence-corrected chi connectivity index (χ0v) is 11.3. The molecule has 0 aliphatic carbocycles. The van der Waals surface area contributed by atoms with Crippen LogP contribution in [0, 0.1) is 0 Å². The smallest absolute Gasteiger partial charge is 0.326 e. The third-order valence-corrected chi connectivity index (χ3v) is 3.13. The van der Waals surface area contributed by atoms with Crippen LogP contribution in [0.15, 0.2) is 18.2 Å². The number of carboxylic acid groups (broad SMARTS) is 1. The topological polar surface area (TPSA) is 66.4 Å². The quantitative estimate of drug-likeness (QED) is 0.875. The van der Waals surface area contributed by atoms with E-state index in [-0.39, 0.29) is 12.3 Å². The largest absolute Gasteiger partial charge is 0.480 e. The molecule has 18 heavy (non-hydrogen) atoms. The van der Waals surface area contributed by atoms with Crippen molar-refractivity contribution >= 4 is 35.1 Å². The molecular formula is C12H13Cl2NO3. The van der Waals surface area contributed by atoms with Crippen LogP contribution in [-0.4, -0.2) is 23.0 Å². The highest BCUT2D eigenvalue weighted by Crippen LogP contribution is 2.22. The molecule has 2 N–H and O–H groups in total. The molecule has 1 aromatic carbocycles. The molecule has 0 saturated carbocycles. The molecule has 0 saturated heterocycles. The van der Waals surface area contributed by atoms with Crippen LogP contribution < -0.4 is 5.32 Å². The van der Waals surface area contributed by atoms with Crippen LogP contribution in [0.25, 0.3) is 0 Å². The number of benzene rings is 1. The molecule has 0 bridgehead atoms. The van der Waals surface area contributed by atoms with Gasteiger partial charge in [-0.2, -0.15) is 0 Å². The van der Waals surface area contributed by atoms with Crippen molar-refractivity contribution in [2.24, 2.45) is 0 Å². The normalized spacial score (nSPS) is 11.9. The minimum absolute atomic E-state index is 0.0701. The van der Waals surface area contributed by atoms with Gasteiger partial charge in [0, 0.05) is 0 Å². The number of rotatable bonds is 5. The molecule has 1 rings (SSSR count). The molecule has 4 nitrogen and oxygen atoms in total. The van der Waals surface area contributed by atoms with Gasteiger partial charge >= 0.3 is 5.97 Å². The van der Waals surface area contributed by atoms with Crippen molar-refractivity contribution in [3.8, 4) is 0 Å². The average Bonchev–Trinajstić information content (AvgIpc) is 2.30. The Balaban J connectivity index is 2.64. The summed E-state index contributed by atoms with van der Waals surface area (Å²) >= 11 is 11.6. The number of carbonyl (C=O) groups is 2. The first-order chi connectivity index (χ1) is 8.43. The Morgan fingerprint density at radius 3 is 2.50 bits per heavy atom. The summed E-state index contributed by atoms with van der Waals surface area (Å²) in [6, 6.07) is 4.00. The van der Waals surface area contributed by atoms with Gasteiger partial charge in [0.15, 0.2) is 0 Å². The number of hydrogen-bond acceptors (Lipinski definition) is 2. The Bertz CT molecular complexity index is 463. The lowest BCUT2D eigenvalue weighted by Crippen LogP contribution is -2.40. The average molecular weight is 290 g/mol. The first-order valence-corrected chi connectivity index (χ1v) is 6.15. The van der Waals surface area contributed by atoms with Gasteiger partial charge in [0.05, 0.1) is 16.5 Å². The van der Waals surface area contributed by atoms with E-state index in [2.05, 4.69) is 5.32 Å². The van der Waals surface area contributed by atoms with Crippen LogP contribution in [-0.2, 0) is 16.0 Å². The van der Waals surface area contributed by atoms with Gasteiger partial charge in [0.25, 0.3) is 0 Å². The fourth-order valence-corrected chi connectivity index (χ4v) is 1.74. The molecule has 1 atom stereocenters. The molecule has 0 aromatic heterocycles. The molecule has 0 fully saturated rings. The van der Waals surface area contributed by atoms with Crippen molar-refractivity contribution in [3.63, 3.8) is 0 Å². The van der Waals surface area contributed by atoms with Crippen molar-refractivity contribution < 1.29 is 14.7 Å². The maximum Gasteiger partial charge on any atom is 0.326 e. The molecule has 0 aliphatic rings. The summed E-state index contributed by atoms with van der Waals surface area (Å²) in [5, 5.41) is 12.0. The highest BCUT2D eigenvalue weighted by Gasteiger charge is 2.17. The minimum Gasteiger partial charge on any atom is -0.480 e. The molecule has 98 valence electrons. The van der Waals surface area contributed by atoms with Gasteiger partial charge in [0.1, 0.15) is 6.04 Å². The van der Waals surface area contributed by atoms with E-state index in [0.29, 0.717) is 22.0 Å². The van der Waals surface area contributed by atoms with E-state index in [1.807, 2.05) is 0 Å². The predicted octanol–water partition coefficient (Wildman–Crippen LogP) is 2.52. The van der Waals surface area contributed by atoms with Gasteiger partial charge < -0.3 is 10.4 Å². The molecule has 0 spiro atoms. The summed E-state index contributed by atoms with van der Waals surface area (Å²) in [7, 11) is 0. The maximum absolute atomic E-state index is 11.6. The lowest BCUT2D eigenvalue weighted by molar-refractivity contribution is -0.141. The van der Waals surface area contributed by atoms with Crippen molar-refractivity contribution in [2.45, 2.75) is 25.8 Å². The minimum atomic E-state index is -1.04. The van der Waals surface area contributed by atoms with Crippen LogP contribution in [0.5, 0.6) is 0 Å². The van der Waals surface area contributed by atoms with E-state index in [4.69, 9.17) is 28.3 Å². The summed E-state index contributed by atoms with van der Waals surface area (Å²) in [6.45, 7) is 1.69. The van der Waals surface area contributed by atoms with E-state index >= 15 is 0 Å². The van der Waals surface area contributed by atoms with E-state index in [1.165, 1.54) is 0 Å². The van der Waals surface area contributed by atoms with Crippen LogP contribution in [0.3, 0.4) is 0 Å². The Hall–Kier alpha value is -1.26. The van der Waals surface area contributed by atoms with Gasteiger partial charge in [-0.15, -0.1) is 0 Å². The lowest BCUT2D eigenvalue weighted by atomic mass is 10.1. The van der Waals surface area contributed by atoms with Crippen LogP contribution in [0.2, 0.25) is 10.0 Å². The summed E-state index contributed by atoms with van der Waals surface area (Å²) in [5.74, 6) is -1.40.